The standard InChI is InChI=1S/C70H67BN4/c1-67(2,3)44-32-36-54-50(40-44)51-41-45(68(4,5)6)33-37-55(51)74(54)62-30-20-28-60-65(62)71-64-58(72(60)48-22-15-13-16-23-48)26-19-27-59(64)73(49-24-17-14-18-25-49)61-29-21-31-63(66(61)71)75-56-38-34-46(69(7,8)9)42-52(56)53-43-47(70(10,11)12)35-39-57(53)75/h13-43H,1-12H3. The molecule has 0 spiro atoms. The maximum atomic E-state index is 2.60. The minimum atomic E-state index is -0.182. The van der Waals surface area contributed by atoms with Crippen molar-refractivity contribution in [3.63, 3.8) is 0 Å². The number of anilines is 6. The first-order chi connectivity index (χ1) is 35.8. The minimum absolute atomic E-state index is 0.0191. The first-order valence-electron chi connectivity index (χ1n) is 27.1. The molecule has 0 bridgehead atoms. The van der Waals surface area contributed by atoms with Crippen molar-refractivity contribution in [3.8, 4) is 11.4 Å². The number of fused-ring (bicyclic) bond motifs is 10. The van der Waals surface area contributed by atoms with Crippen molar-refractivity contribution in [2.45, 2.75) is 105 Å². The molecule has 0 saturated heterocycles. The van der Waals surface area contributed by atoms with Gasteiger partial charge in [-0.2, -0.15) is 0 Å². The van der Waals surface area contributed by atoms with Crippen LogP contribution in [0.25, 0.3) is 55.0 Å². The molecule has 2 aliphatic rings. The predicted molar refractivity (Wildman–Crippen MR) is 324 cm³/mol. The summed E-state index contributed by atoms with van der Waals surface area (Å²) < 4.78 is 5.21. The molecule has 0 amide bonds. The van der Waals surface area contributed by atoms with E-state index in [1.165, 1.54) is 116 Å². The van der Waals surface area contributed by atoms with Gasteiger partial charge in [-0.25, -0.2) is 0 Å². The Hall–Kier alpha value is -7.76. The molecule has 0 fully saturated rings. The Kier molecular flexibility index (Phi) is 10.3. The van der Waals surface area contributed by atoms with Crippen LogP contribution in [0.1, 0.15) is 105 Å². The van der Waals surface area contributed by atoms with Crippen LogP contribution in [0, 0.1) is 0 Å². The number of rotatable bonds is 4. The third kappa shape index (κ3) is 7.25. The number of benzene rings is 9. The number of nitrogens with zero attached hydrogens (tertiary/aromatic N) is 4. The summed E-state index contributed by atoms with van der Waals surface area (Å²) >= 11 is 0. The van der Waals surface area contributed by atoms with Crippen molar-refractivity contribution >= 4 is 101 Å². The minimum Gasteiger partial charge on any atom is -0.311 e. The highest BCUT2D eigenvalue weighted by atomic mass is 15.2. The Bertz CT molecular complexity index is 3700. The largest absolute Gasteiger partial charge is 0.311 e. The molecule has 0 unspecified atom stereocenters. The van der Waals surface area contributed by atoms with Gasteiger partial charge < -0.3 is 18.9 Å². The summed E-state index contributed by atoms with van der Waals surface area (Å²) in [7, 11) is 0. The van der Waals surface area contributed by atoms with Crippen molar-refractivity contribution < 1.29 is 0 Å². The van der Waals surface area contributed by atoms with Gasteiger partial charge in [-0.15, -0.1) is 0 Å². The molecule has 0 atom stereocenters. The first kappa shape index (κ1) is 47.0. The van der Waals surface area contributed by atoms with E-state index in [-0.39, 0.29) is 28.4 Å². The third-order valence-corrected chi connectivity index (χ3v) is 16.5. The molecule has 0 N–H and O–H groups in total. The SMILES string of the molecule is CC(C)(C)c1ccc2c(c1)c1cc(C(C)(C)C)ccc1n2-c1cccc2c1B1c3c(cccc3N(c3ccccc3)c3cccc(-n4c5ccc(C(C)(C)C)cc5c5cc(C(C)(C)C)ccc54)c31)N2c1ccccc1. The van der Waals surface area contributed by atoms with Gasteiger partial charge in [0, 0.05) is 67.0 Å². The Morgan fingerprint density at radius 3 is 0.787 bits per heavy atom. The van der Waals surface area contributed by atoms with E-state index in [2.05, 4.69) is 290 Å². The molecule has 75 heavy (non-hydrogen) atoms. The summed E-state index contributed by atoms with van der Waals surface area (Å²) in [5.41, 5.74) is 23.4. The van der Waals surface area contributed by atoms with Crippen molar-refractivity contribution in [1.82, 2.24) is 9.13 Å². The third-order valence-electron chi connectivity index (χ3n) is 16.5. The van der Waals surface area contributed by atoms with E-state index in [0.29, 0.717) is 0 Å². The second-order valence-corrected chi connectivity index (χ2v) is 25.5. The number of aromatic nitrogens is 2. The lowest BCUT2D eigenvalue weighted by molar-refractivity contribution is 0.590. The molecule has 11 aromatic rings. The van der Waals surface area contributed by atoms with Crippen LogP contribution in [0.4, 0.5) is 34.1 Å². The van der Waals surface area contributed by atoms with Gasteiger partial charge in [0.05, 0.1) is 22.1 Å². The molecule has 0 aliphatic carbocycles. The smallest absolute Gasteiger partial charge is 0.257 e. The molecular weight excluding hydrogens is 908 g/mol. The van der Waals surface area contributed by atoms with E-state index in [9.17, 15) is 0 Å². The second kappa shape index (κ2) is 16.4. The molecule has 4 heterocycles. The zero-order chi connectivity index (χ0) is 52.1. The highest BCUT2D eigenvalue weighted by Crippen LogP contribution is 2.47. The second-order valence-electron chi connectivity index (χ2n) is 25.5. The summed E-state index contributed by atoms with van der Waals surface area (Å²) in [6, 6.07) is 72.1. The topological polar surface area (TPSA) is 16.3 Å². The number of hydrogen-bond donors (Lipinski definition) is 0. The van der Waals surface area contributed by atoms with Crippen molar-refractivity contribution in [3.05, 3.63) is 210 Å². The van der Waals surface area contributed by atoms with Crippen LogP contribution >= 0.6 is 0 Å². The molecule has 4 nitrogen and oxygen atoms in total. The van der Waals surface area contributed by atoms with E-state index in [1.54, 1.807) is 0 Å². The van der Waals surface area contributed by atoms with Gasteiger partial charge >= 0.3 is 0 Å². The summed E-state index contributed by atoms with van der Waals surface area (Å²) in [6.45, 7) is 27.8. The molecule has 0 radical (unpaired) electrons. The van der Waals surface area contributed by atoms with E-state index in [1.807, 2.05) is 0 Å². The Labute approximate surface area is 444 Å². The molecule has 9 aromatic carbocycles. The average molecular weight is 975 g/mol. The summed E-state index contributed by atoms with van der Waals surface area (Å²) in [6.07, 6.45) is 0. The summed E-state index contributed by atoms with van der Waals surface area (Å²) in [5.74, 6) is 0. The van der Waals surface area contributed by atoms with Crippen LogP contribution < -0.4 is 26.2 Å². The first-order valence-corrected chi connectivity index (χ1v) is 27.1. The van der Waals surface area contributed by atoms with E-state index >= 15 is 0 Å². The molecular formula is C70H67BN4. The maximum absolute atomic E-state index is 2.60. The van der Waals surface area contributed by atoms with Crippen LogP contribution in [0.2, 0.25) is 0 Å². The van der Waals surface area contributed by atoms with Crippen molar-refractivity contribution in [2.24, 2.45) is 0 Å². The number of para-hydroxylation sites is 2. The van der Waals surface area contributed by atoms with Gasteiger partial charge in [-0.3, -0.25) is 0 Å². The Balaban J connectivity index is 1.20. The number of hydrogen-bond acceptors (Lipinski definition) is 2. The van der Waals surface area contributed by atoms with Gasteiger partial charge in [-0.1, -0.05) is 162 Å². The fourth-order valence-corrected chi connectivity index (χ4v) is 12.5. The quantitative estimate of drug-likeness (QED) is 0.163. The fraction of sp³-hybridized carbons (Fsp3) is 0.229. The van der Waals surface area contributed by atoms with Crippen molar-refractivity contribution in [2.75, 3.05) is 9.80 Å². The molecule has 13 rings (SSSR count). The van der Waals surface area contributed by atoms with Crippen LogP contribution in [-0.2, 0) is 21.7 Å². The van der Waals surface area contributed by atoms with Gasteiger partial charge in [0.1, 0.15) is 0 Å². The fourth-order valence-electron chi connectivity index (χ4n) is 12.5. The summed E-state index contributed by atoms with van der Waals surface area (Å²) in [5, 5.41) is 5.14. The zero-order valence-corrected chi connectivity index (χ0v) is 45.8. The highest BCUT2D eigenvalue weighted by molar-refractivity contribution is 7.01. The van der Waals surface area contributed by atoms with Gasteiger partial charge in [0.25, 0.3) is 6.71 Å². The molecule has 2 aliphatic heterocycles. The van der Waals surface area contributed by atoms with Crippen LogP contribution in [0.3, 0.4) is 0 Å². The molecule has 5 heteroatoms. The predicted octanol–water partition coefficient (Wildman–Crippen LogP) is 17.2. The maximum Gasteiger partial charge on any atom is 0.257 e. The van der Waals surface area contributed by atoms with E-state index < -0.39 is 0 Å². The molecule has 0 saturated carbocycles. The highest BCUT2D eigenvalue weighted by Gasteiger charge is 2.46. The van der Waals surface area contributed by atoms with Gasteiger partial charge in [0.2, 0.25) is 0 Å². The van der Waals surface area contributed by atoms with Gasteiger partial charge in [0.15, 0.2) is 0 Å². The Morgan fingerprint density at radius 2 is 0.520 bits per heavy atom. The molecule has 370 valence electrons. The zero-order valence-electron chi connectivity index (χ0n) is 45.8. The average Bonchev–Trinajstić information content (AvgIpc) is 3.90. The van der Waals surface area contributed by atoms with Crippen LogP contribution in [-0.4, -0.2) is 15.8 Å². The summed E-state index contributed by atoms with van der Waals surface area (Å²) in [4.78, 5) is 5.08. The van der Waals surface area contributed by atoms with Crippen molar-refractivity contribution in [1.29, 1.82) is 0 Å². The van der Waals surface area contributed by atoms with E-state index in [4.69, 9.17) is 0 Å². The van der Waals surface area contributed by atoms with Crippen LogP contribution in [0.15, 0.2) is 188 Å². The normalized spacial score (nSPS) is 13.8. The van der Waals surface area contributed by atoms with E-state index in [0.717, 1.165) is 11.4 Å². The lowest BCUT2D eigenvalue weighted by atomic mass is 9.32. The lowest BCUT2D eigenvalue weighted by Crippen LogP contribution is -2.63. The lowest BCUT2D eigenvalue weighted by Gasteiger charge is -2.45. The molecule has 2 aromatic heterocycles. The van der Waals surface area contributed by atoms with Crippen LogP contribution in [0.5, 0.6) is 0 Å². The monoisotopic (exact) mass is 975 g/mol. The Morgan fingerprint density at radius 1 is 0.267 bits per heavy atom. The van der Waals surface area contributed by atoms with Gasteiger partial charge in [-0.05, 0) is 169 Å².